The summed E-state index contributed by atoms with van der Waals surface area (Å²) >= 11 is 0. The average molecular weight is 299 g/mol. The summed E-state index contributed by atoms with van der Waals surface area (Å²) in [6.07, 6.45) is 2.54. The lowest BCUT2D eigenvalue weighted by Gasteiger charge is -2.12. The van der Waals surface area contributed by atoms with Crippen LogP contribution in [0.2, 0.25) is 0 Å². The molecule has 0 aliphatic heterocycles. The molecule has 5 nitrogen and oxygen atoms in total. The first-order valence-corrected chi connectivity index (χ1v) is 7.47. The lowest BCUT2D eigenvalue weighted by Crippen LogP contribution is -2.24. The van der Waals surface area contributed by atoms with Crippen molar-refractivity contribution in [2.24, 2.45) is 0 Å². The van der Waals surface area contributed by atoms with Crippen LogP contribution in [-0.2, 0) is 0 Å². The van der Waals surface area contributed by atoms with Crippen molar-refractivity contribution in [1.82, 2.24) is 10.3 Å². The van der Waals surface area contributed by atoms with Crippen LogP contribution in [0.25, 0.3) is 0 Å². The molecule has 0 aliphatic carbocycles. The quantitative estimate of drug-likeness (QED) is 0.823. The summed E-state index contributed by atoms with van der Waals surface area (Å²) in [5.74, 6) is 0.637. The molecule has 0 unspecified atom stereocenters. The van der Waals surface area contributed by atoms with E-state index in [2.05, 4.69) is 15.6 Å². The van der Waals surface area contributed by atoms with Crippen LogP contribution in [0, 0.1) is 0 Å². The highest BCUT2D eigenvalue weighted by atomic mass is 16.5. The molecule has 0 saturated carbocycles. The Bertz CT molecular complexity index is 612. The second kappa shape index (κ2) is 8.02. The van der Waals surface area contributed by atoms with Gasteiger partial charge < -0.3 is 15.4 Å². The Balaban J connectivity index is 2.07. The highest BCUT2D eigenvalue weighted by Gasteiger charge is 2.07. The van der Waals surface area contributed by atoms with Gasteiger partial charge in [-0.05, 0) is 37.6 Å². The van der Waals surface area contributed by atoms with Gasteiger partial charge >= 0.3 is 0 Å². The van der Waals surface area contributed by atoms with E-state index in [-0.39, 0.29) is 5.91 Å². The molecule has 1 amide bonds. The third-order valence-corrected chi connectivity index (χ3v) is 3.00. The lowest BCUT2D eigenvalue weighted by molar-refractivity contribution is 0.0949. The van der Waals surface area contributed by atoms with E-state index in [1.807, 2.05) is 44.2 Å². The first kappa shape index (κ1) is 15.8. The zero-order valence-corrected chi connectivity index (χ0v) is 12.9. The Hall–Kier alpha value is -2.56. The van der Waals surface area contributed by atoms with Crippen molar-refractivity contribution >= 4 is 17.3 Å². The van der Waals surface area contributed by atoms with E-state index in [1.54, 1.807) is 12.3 Å². The Morgan fingerprint density at radius 2 is 2.00 bits per heavy atom. The Morgan fingerprint density at radius 3 is 2.68 bits per heavy atom. The van der Waals surface area contributed by atoms with Crippen molar-refractivity contribution in [3.05, 3.63) is 48.3 Å². The van der Waals surface area contributed by atoms with E-state index < -0.39 is 0 Å². The minimum absolute atomic E-state index is 0.150. The molecule has 0 spiro atoms. The SMILES string of the molecule is CCCNC(=O)c1ccc(Nc2ccccc2OCC)cn1. The van der Waals surface area contributed by atoms with Crippen LogP contribution in [0.15, 0.2) is 42.6 Å². The van der Waals surface area contributed by atoms with Crippen LogP contribution in [0.4, 0.5) is 11.4 Å². The first-order valence-electron chi connectivity index (χ1n) is 7.47. The predicted octanol–water partition coefficient (Wildman–Crippen LogP) is 3.36. The molecule has 116 valence electrons. The van der Waals surface area contributed by atoms with Gasteiger partial charge in [0, 0.05) is 6.54 Å². The summed E-state index contributed by atoms with van der Waals surface area (Å²) in [7, 11) is 0. The van der Waals surface area contributed by atoms with Gasteiger partial charge in [-0.3, -0.25) is 4.79 Å². The van der Waals surface area contributed by atoms with E-state index in [1.165, 1.54) is 0 Å². The van der Waals surface area contributed by atoms with Crippen LogP contribution >= 0.6 is 0 Å². The fourth-order valence-electron chi connectivity index (χ4n) is 1.94. The van der Waals surface area contributed by atoms with Crippen LogP contribution in [0.3, 0.4) is 0 Å². The highest BCUT2D eigenvalue weighted by Crippen LogP contribution is 2.27. The fourth-order valence-corrected chi connectivity index (χ4v) is 1.94. The van der Waals surface area contributed by atoms with Gasteiger partial charge in [-0.2, -0.15) is 0 Å². The Morgan fingerprint density at radius 1 is 1.18 bits per heavy atom. The number of anilines is 2. The molecule has 22 heavy (non-hydrogen) atoms. The number of amides is 1. The number of rotatable bonds is 7. The number of pyridine rings is 1. The van der Waals surface area contributed by atoms with Gasteiger partial charge in [0.25, 0.3) is 5.91 Å². The number of nitrogens with one attached hydrogen (secondary N) is 2. The molecule has 0 atom stereocenters. The van der Waals surface area contributed by atoms with Crippen LogP contribution in [-0.4, -0.2) is 24.0 Å². The molecule has 0 aliphatic rings. The van der Waals surface area contributed by atoms with E-state index in [9.17, 15) is 4.79 Å². The average Bonchev–Trinajstić information content (AvgIpc) is 2.55. The van der Waals surface area contributed by atoms with E-state index >= 15 is 0 Å². The molecule has 2 aromatic rings. The van der Waals surface area contributed by atoms with Gasteiger partial charge in [-0.15, -0.1) is 0 Å². The molecular weight excluding hydrogens is 278 g/mol. The monoisotopic (exact) mass is 299 g/mol. The molecule has 1 aromatic heterocycles. The largest absolute Gasteiger partial charge is 0.492 e. The number of aromatic nitrogens is 1. The molecule has 2 rings (SSSR count). The van der Waals surface area contributed by atoms with Gasteiger partial charge in [0.2, 0.25) is 0 Å². The molecule has 1 aromatic carbocycles. The summed E-state index contributed by atoms with van der Waals surface area (Å²) in [5, 5.41) is 6.05. The second-order valence-corrected chi connectivity index (χ2v) is 4.74. The lowest BCUT2D eigenvalue weighted by atomic mass is 10.2. The molecule has 5 heteroatoms. The number of nitrogens with zero attached hydrogens (tertiary/aromatic N) is 1. The van der Waals surface area contributed by atoms with Crippen LogP contribution in [0.1, 0.15) is 30.8 Å². The standard InChI is InChI=1S/C17H21N3O2/c1-3-11-18-17(21)15-10-9-13(12-19-15)20-14-7-5-6-8-16(14)22-4-2/h5-10,12,20H,3-4,11H2,1-2H3,(H,18,21). The molecular formula is C17H21N3O2. The number of ether oxygens (including phenoxy) is 1. The summed E-state index contributed by atoms with van der Waals surface area (Å²) in [6, 6.07) is 11.2. The second-order valence-electron chi connectivity index (χ2n) is 4.74. The smallest absolute Gasteiger partial charge is 0.269 e. The number of hydrogen-bond donors (Lipinski definition) is 2. The molecule has 0 fully saturated rings. The maximum Gasteiger partial charge on any atom is 0.269 e. The van der Waals surface area contributed by atoms with Gasteiger partial charge in [-0.1, -0.05) is 19.1 Å². The third kappa shape index (κ3) is 4.22. The van der Waals surface area contributed by atoms with Crippen molar-refractivity contribution in [1.29, 1.82) is 0 Å². The number of hydrogen-bond acceptors (Lipinski definition) is 4. The zero-order chi connectivity index (χ0) is 15.8. The maximum absolute atomic E-state index is 11.8. The zero-order valence-electron chi connectivity index (χ0n) is 12.9. The number of para-hydroxylation sites is 2. The van der Waals surface area contributed by atoms with Crippen molar-refractivity contribution in [3.8, 4) is 5.75 Å². The van der Waals surface area contributed by atoms with Crippen LogP contribution < -0.4 is 15.4 Å². The predicted molar refractivity (Wildman–Crippen MR) is 87.8 cm³/mol. The molecule has 1 heterocycles. The van der Waals surface area contributed by atoms with Crippen molar-refractivity contribution in [2.75, 3.05) is 18.5 Å². The minimum Gasteiger partial charge on any atom is -0.492 e. The maximum atomic E-state index is 11.8. The van der Waals surface area contributed by atoms with Gasteiger partial charge in [0.1, 0.15) is 11.4 Å². The molecule has 0 radical (unpaired) electrons. The molecule has 2 N–H and O–H groups in total. The Labute approximate surface area is 130 Å². The number of carbonyl (C=O) groups excluding carboxylic acids is 1. The first-order chi connectivity index (χ1) is 10.7. The van der Waals surface area contributed by atoms with Crippen molar-refractivity contribution < 1.29 is 9.53 Å². The summed E-state index contributed by atoms with van der Waals surface area (Å²) < 4.78 is 5.57. The highest BCUT2D eigenvalue weighted by molar-refractivity contribution is 5.92. The molecule has 0 saturated heterocycles. The van der Waals surface area contributed by atoms with Crippen molar-refractivity contribution in [3.63, 3.8) is 0 Å². The topological polar surface area (TPSA) is 63.2 Å². The summed E-state index contributed by atoms with van der Waals surface area (Å²) in [4.78, 5) is 16.0. The van der Waals surface area contributed by atoms with E-state index in [4.69, 9.17) is 4.74 Å². The van der Waals surface area contributed by atoms with Gasteiger partial charge in [0.15, 0.2) is 0 Å². The summed E-state index contributed by atoms with van der Waals surface area (Å²) in [5.41, 5.74) is 2.09. The van der Waals surface area contributed by atoms with Crippen molar-refractivity contribution in [2.45, 2.75) is 20.3 Å². The molecule has 0 bridgehead atoms. The summed E-state index contributed by atoms with van der Waals surface area (Å²) in [6.45, 7) is 5.22. The van der Waals surface area contributed by atoms with E-state index in [0.717, 1.165) is 23.5 Å². The van der Waals surface area contributed by atoms with Gasteiger partial charge in [0.05, 0.1) is 24.2 Å². The number of carbonyl (C=O) groups is 1. The Kier molecular flexibility index (Phi) is 5.77. The fraction of sp³-hybridized carbons (Fsp3) is 0.294. The van der Waals surface area contributed by atoms with Crippen LogP contribution in [0.5, 0.6) is 5.75 Å². The third-order valence-electron chi connectivity index (χ3n) is 3.00. The minimum atomic E-state index is -0.150. The van der Waals surface area contributed by atoms with E-state index in [0.29, 0.717) is 18.8 Å². The van der Waals surface area contributed by atoms with Gasteiger partial charge in [-0.25, -0.2) is 4.98 Å². The normalized spacial score (nSPS) is 10.1. The number of benzene rings is 1.